The Morgan fingerprint density at radius 1 is 1.33 bits per heavy atom. The van der Waals surface area contributed by atoms with Gasteiger partial charge in [-0.05, 0) is 24.6 Å². The number of carbonyl (C=O) groups is 1. The zero-order chi connectivity index (χ0) is 14.4. The molecule has 2 atom stereocenters. The van der Waals surface area contributed by atoms with Gasteiger partial charge in [0.15, 0.2) is 8.32 Å². The summed E-state index contributed by atoms with van der Waals surface area (Å²) >= 11 is 0. The molecular weight excluding hydrogens is 240 g/mol. The van der Waals surface area contributed by atoms with Crippen molar-refractivity contribution in [3.05, 3.63) is 12.7 Å². The molecule has 0 radical (unpaired) electrons. The predicted molar refractivity (Wildman–Crippen MR) is 81.3 cm³/mol. The Hall–Kier alpha value is -0.413. The van der Waals surface area contributed by atoms with E-state index in [1.54, 1.807) is 0 Å². The molecule has 0 N–H and O–H groups in total. The Kier molecular flexibility index (Phi) is 7.08. The lowest BCUT2D eigenvalue weighted by Crippen LogP contribution is -2.46. The smallest absolute Gasteiger partial charge is 0.193 e. The maximum Gasteiger partial charge on any atom is 0.193 e. The van der Waals surface area contributed by atoms with Crippen LogP contribution in [0.3, 0.4) is 0 Å². The van der Waals surface area contributed by atoms with Crippen molar-refractivity contribution in [2.75, 3.05) is 0 Å². The van der Waals surface area contributed by atoms with Gasteiger partial charge in [-0.25, -0.2) is 0 Å². The van der Waals surface area contributed by atoms with E-state index >= 15 is 0 Å². The molecule has 0 aliphatic heterocycles. The van der Waals surface area contributed by atoms with E-state index in [4.69, 9.17) is 4.43 Å². The van der Waals surface area contributed by atoms with Gasteiger partial charge >= 0.3 is 0 Å². The first-order valence-electron chi connectivity index (χ1n) is 6.95. The van der Waals surface area contributed by atoms with Crippen LogP contribution < -0.4 is 0 Å². The average Bonchev–Trinajstić information content (AvgIpc) is 2.26. The molecule has 0 unspecified atom stereocenters. The molecule has 0 saturated carbocycles. The van der Waals surface area contributed by atoms with Crippen LogP contribution in [0, 0.1) is 5.92 Å². The van der Waals surface area contributed by atoms with E-state index in [0.717, 1.165) is 25.5 Å². The van der Waals surface area contributed by atoms with E-state index in [0.29, 0.717) is 0 Å². The zero-order valence-electron chi connectivity index (χ0n) is 13.0. The minimum absolute atomic E-state index is 0.130. The van der Waals surface area contributed by atoms with Gasteiger partial charge in [0.2, 0.25) is 0 Å². The van der Waals surface area contributed by atoms with Crippen LogP contribution >= 0.6 is 0 Å². The largest absolute Gasteiger partial charge is 0.407 e. The Morgan fingerprint density at radius 2 is 1.89 bits per heavy atom. The summed E-state index contributed by atoms with van der Waals surface area (Å²) < 4.78 is 6.20. The molecule has 0 aromatic rings. The van der Waals surface area contributed by atoms with Crippen LogP contribution in [0.15, 0.2) is 12.7 Å². The number of rotatable bonds is 8. The maximum absolute atomic E-state index is 11.3. The zero-order valence-corrected chi connectivity index (χ0v) is 14.0. The highest BCUT2D eigenvalue weighted by atomic mass is 28.4. The molecule has 18 heavy (non-hydrogen) atoms. The molecule has 2 nitrogen and oxygen atoms in total. The van der Waals surface area contributed by atoms with Crippen molar-refractivity contribution >= 4 is 14.6 Å². The second kappa shape index (κ2) is 7.24. The SMILES string of the molecule is C=C[C@H](CCCC)[C@H](C=O)O[Si](C)(C)C(C)(C)C. The summed E-state index contributed by atoms with van der Waals surface area (Å²) in [5, 5.41) is 0.130. The van der Waals surface area contributed by atoms with Crippen LogP contribution in [-0.2, 0) is 9.22 Å². The lowest BCUT2D eigenvalue weighted by molar-refractivity contribution is -0.115. The molecule has 0 rings (SSSR count). The lowest BCUT2D eigenvalue weighted by Gasteiger charge is -2.39. The third-order valence-electron chi connectivity index (χ3n) is 3.99. The quantitative estimate of drug-likeness (QED) is 0.367. The second-order valence-electron chi connectivity index (χ2n) is 6.52. The highest BCUT2D eigenvalue weighted by Gasteiger charge is 2.40. The van der Waals surface area contributed by atoms with Gasteiger partial charge in [0, 0.05) is 5.92 Å². The van der Waals surface area contributed by atoms with Crippen molar-refractivity contribution in [2.45, 2.75) is 71.2 Å². The molecular formula is C15H30O2Si. The van der Waals surface area contributed by atoms with Gasteiger partial charge < -0.3 is 9.22 Å². The van der Waals surface area contributed by atoms with Crippen LogP contribution in [0.4, 0.5) is 0 Å². The summed E-state index contributed by atoms with van der Waals surface area (Å²) in [6, 6.07) is 0. The Labute approximate surface area is 114 Å². The Morgan fingerprint density at radius 3 is 2.22 bits per heavy atom. The predicted octanol–water partition coefficient (Wildman–Crippen LogP) is 4.57. The highest BCUT2D eigenvalue weighted by Crippen LogP contribution is 2.38. The molecule has 0 aromatic carbocycles. The molecule has 0 aliphatic rings. The van der Waals surface area contributed by atoms with Crippen molar-refractivity contribution in [2.24, 2.45) is 5.92 Å². The van der Waals surface area contributed by atoms with Crippen molar-refractivity contribution in [3.63, 3.8) is 0 Å². The number of hydrogen-bond acceptors (Lipinski definition) is 2. The summed E-state index contributed by atoms with van der Waals surface area (Å²) in [6.07, 6.45) is 5.75. The fourth-order valence-corrected chi connectivity index (χ4v) is 2.85. The second-order valence-corrected chi connectivity index (χ2v) is 11.3. The van der Waals surface area contributed by atoms with Crippen LogP contribution in [0.5, 0.6) is 0 Å². The van der Waals surface area contributed by atoms with E-state index in [1.165, 1.54) is 0 Å². The van der Waals surface area contributed by atoms with E-state index < -0.39 is 8.32 Å². The lowest BCUT2D eigenvalue weighted by atomic mass is 9.97. The van der Waals surface area contributed by atoms with Crippen molar-refractivity contribution in [1.82, 2.24) is 0 Å². The van der Waals surface area contributed by atoms with Crippen molar-refractivity contribution in [3.8, 4) is 0 Å². The molecule has 106 valence electrons. The molecule has 0 spiro atoms. The van der Waals surface area contributed by atoms with Crippen LogP contribution in [-0.4, -0.2) is 20.7 Å². The summed E-state index contributed by atoms with van der Waals surface area (Å²) in [5.41, 5.74) is 0. The van der Waals surface area contributed by atoms with E-state index in [1.807, 2.05) is 6.08 Å². The number of aldehydes is 1. The molecule has 0 fully saturated rings. The third kappa shape index (κ3) is 5.07. The maximum atomic E-state index is 11.3. The summed E-state index contributed by atoms with van der Waals surface area (Å²) in [5.74, 6) is 0.150. The first-order valence-corrected chi connectivity index (χ1v) is 9.86. The molecule has 0 aliphatic carbocycles. The molecule has 0 saturated heterocycles. The minimum Gasteiger partial charge on any atom is -0.407 e. The van der Waals surface area contributed by atoms with E-state index in [9.17, 15) is 4.79 Å². The normalized spacial score (nSPS) is 16.1. The molecule has 3 heteroatoms. The summed E-state index contributed by atoms with van der Waals surface area (Å²) in [7, 11) is -1.89. The fraction of sp³-hybridized carbons (Fsp3) is 0.800. The van der Waals surface area contributed by atoms with Gasteiger partial charge in [0.05, 0.1) is 0 Å². The molecule has 0 heterocycles. The van der Waals surface area contributed by atoms with E-state index in [-0.39, 0.29) is 17.1 Å². The Balaban J connectivity index is 4.77. The Bertz CT molecular complexity index is 266. The van der Waals surface area contributed by atoms with Gasteiger partial charge in [-0.2, -0.15) is 0 Å². The van der Waals surface area contributed by atoms with E-state index in [2.05, 4.69) is 47.4 Å². The molecule has 0 amide bonds. The van der Waals surface area contributed by atoms with Crippen LogP contribution in [0.25, 0.3) is 0 Å². The topological polar surface area (TPSA) is 26.3 Å². The van der Waals surface area contributed by atoms with Crippen molar-refractivity contribution in [1.29, 1.82) is 0 Å². The standard InChI is InChI=1S/C15H30O2Si/c1-8-10-11-13(9-2)14(12-16)17-18(6,7)15(3,4)5/h9,12-14H,2,8,10-11H2,1,3-7H3/t13-,14+/m1/s1. The van der Waals surface area contributed by atoms with Gasteiger partial charge in [0.25, 0.3) is 0 Å². The fourth-order valence-electron chi connectivity index (χ4n) is 1.59. The first-order chi connectivity index (χ1) is 8.19. The summed E-state index contributed by atoms with van der Waals surface area (Å²) in [6.45, 7) is 16.9. The highest BCUT2D eigenvalue weighted by molar-refractivity contribution is 6.74. The van der Waals surface area contributed by atoms with Gasteiger partial charge in [0.1, 0.15) is 12.4 Å². The third-order valence-corrected chi connectivity index (χ3v) is 8.46. The van der Waals surface area contributed by atoms with Crippen molar-refractivity contribution < 1.29 is 9.22 Å². The van der Waals surface area contributed by atoms with Gasteiger partial charge in [-0.3, -0.25) is 0 Å². The molecule has 0 bridgehead atoms. The monoisotopic (exact) mass is 270 g/mol. The van der Waals surface area contributed by atoms with Crippen LogP contribution in [0.2, 0.25) is 18.1 Å². The number of unbranched alkanes of at least 4 members (excludes halogenated alkanes) is 1. The number of hydrogen-bond donors (Lipinski definition) is 0. The average molecular weight is 270 g/mol. The van der Waals surface area contributed by atoms with Crippen LogP contribution in [0.1, 0.15) is 47.0 Å². The minimum atomic E-state index is -1.89. The van der Waals surface area contributed by atoms with Gasteiger partial charge in [-0.1, -0.05) is 46.6 Å². The molecule has 0 aromatic heterocycles. The number of carbonyl (C=O) groups excluding carboxylic acids is 1. The first kappa shape index (κ1) is 17.6. The summed E-state index contributed by atoms with van der Waals surface area (Å²) in [4.78, 5) is 11.3. The van der Waals surface area contributed by atoms with Gasteiger partial charge in [-0.15, -0.1) is 6.58 Å².